The number of H-pyrrole nitrogens is 1. The van der Waals surface area contributed by atoms with E-state index in [0.29, 0.717) is 17.8 Å². The van der Waals surface area contributed by atoms with Gasteiger partial charge < -0.3 is 15.0 Å². The molecule has 142 valence electrons. The van der Waals surface area contributed by atoms with Crippen LogP contribution in [0.15, 0.2) is 54.7 Å². The molecule has 4 rings (SSSR count). The molecule has 0 fully saturated rings. The Morgan fingerprint density at radius 2 is 1.89 bits per heavy atom. The lowest BCUT2D eigenvalue weighted by molar-refractivity contribution is -0.130. The monoisotopic (exact) mass is 378 g/mol. The number of carbonyl (C=O) groups is 2. The van der Waals surface area contributed by atoms with Gasteiger partial charge in [0.25, 0.3) is 5.91 Å². The average Bonchev–Trinajstić information content (AvgIpc) is 2.98. The van der Waals surface area contributed by atoms with Crippen LogP contribution < -0.4 is 0 Å². The first-order valence-corrected chi connectivity index (χ1v) is 9.12. The van der Waals surface area contributed by atoms with Crippen LogP contribution in [0.3, 0.4) is 0 Å². The summed E-state index contributed by atoms with van der Waals surface area (Å²) in [6, 6.07) is 13.0. The molecule has 6 heteroatoms. The van der Waals surface area contributed by atoms with E-state index in [0.717, 1.165) is 22.9 Å². The fraction of sp³-hybridized carbons (Fsp3) is 0.182. The standard InChI is InChI=1S/C22H19FN2O3/c1-2-13-11-25(21(26)14-7-9-15(23)10-8-14)12-17(22(27)28)20-19(13)16-5-3-4-6-18(16)24-20/h3-10,12-13,24H,2,11H2,1H3,(H,27,28). The second-order valence-electron chi connectivity index (χ2n) is 6.88. The molecule has 0 saturated heterocycles. The maximum absolute atomic E-state index is 13.2. The lowest BCUT2D eigenvalue weighted by Crippen LogP contribution is -2.29. The summed E-state index contributed by atoms with van der Waals surface area (Å²) in [7, 11) is 0. The highest BCUT2D eigenvalue weighted by Crippen LogP contribution is 2.38. The quantitative estimate of drug-likeness (QED) is 0.710. The summed E-state index contributed by atoms with van der Waals surface area (Å²) in [6.07, 6.45) is 2.13. The van der Waals surface area contributed by atoms with E-state index in [4.69, 9.17) is 0 Å². The lowest BCUT2D eigenvalue weighted by Gasteiger charge is -2.23. The maximum atomic E-state index is 13.2. The summed E-state index contributed by atoms with van der Waals surface area (Å²) in [5.74, 6) is -1.93. The van der Waals surface area contributed by atoms with Crippen LogP contribution >= 0.6 is 0 Å². The smallest absolute Gasteiger partial charge is 0.339 e. The molecule has 0 saturated carbocycles. The van der Waals surface area contributed by atoms with Gasteiger partial charge in [-0.05, 0) is 42.3 Å². The summed E-state index contributed by atoms with van der Waals surface area (Å²) < 4.78 is 13.2. The first-order chi connectivity index (χ1) is 13.5. The molecule has 0 radical (unpaired) electrons. The summed E-state index contributed by atoms with van der Waals surface area (Å²) >= 11 is 0. The number of para-hydroxylation sites is 1. The predicted molar refractivity (Wildman–Crippen MR) is 104 cm³/mol. The van der Waals surface area contributed by atoms with Crippen molar-refractivity contribution in [3.63, 3.8) is 0 Å². The SMILES string of the molecule is CCC1CN(C(=O)c2ccc(F)cc2)C=C(C(=O)O)c2[nH]c3ccccc3c21. The molecule has 1 amide bonds. The van der Waals surface area contributed by atoms with Gasteiger partial charge in [-0.3, -0.25) is 4.79 Å². The molecular formula is C22H19FN2O3. The highest BCUT2D eigenvalue weighted by molar-refractivity contribution is 6.17. The van der Waals surface area contributed by atoms with E-state index in [1.54, 1.807) is 0 Å². The Kier molecular flexibility index (Phi) is 4.47. The van der Waals surface area contributed by atoms with E-state index >= 15 is 0 Å². The number of hydrogen-bond donors (Lipinski definition) is 2. The zero-order valence-electron chi connectivity index (χ0n) is 15.3. The van der Waals surface area contributed by atoms with Crippen LogP contribution in [0.1, 0.15) is 40.9 Å². The maximum Gasteiger partial charge on any atom is 0.339 e. The van der Waals surface area contributed by atoms with Crippen LogP contribution in [0.5, 0.6) is 0 Å². The second-order valence-corrected chi connectivity index (χ2v) is 6.88. The Labute approximate surface area is 161 Å². The minimum Gasteiger partial charge on any atom is -0.478 e. The van der Waals surface area contributed by atoms with Gasteiger partial charge in [-0.2, -0.15) is 0 Å². The molecule has 5 nitrogen and oxygen atoms in total. The van der Waals surface area contributed by atoms with Gasteiger partial charge in [0.15, 0.2) is 0 Å². The first kappa shape index (κ1) is 18.0. The number of amides is 1. The number of nitrogens with one attached hydrogen (secondary N) is 1. The molecule has 1 atom stereocenters. The van der Waals surface area contributed by atoms with E-state index in [1.807, 2.05) is 31.2 Å². The van der Waals surface area contributed by atoms with Gasteiger partial charge in [0.05, 0.1) is 11.3 Å². The van der Waals surface area contributed by atoms with Gasteiger partial charge >= 0.3 is 5.97 Å². The van der Waals surface area contributed by atoms with Crippen molar-refractivity contribution in [2.45, 2.75) is 19.3 Å². The highest BCUT2D eigenvalue weighted by Gasteiger charge is 2.31. The van der Waals surface area contributed by atoms with Crippen molar-refractivity contribution >= 4 is 28.4 Å². The number of halogens is 1. The van der Waals surface area contributed by atoms with Crippen molar-refractivity contribution in [1.82, 2.24) is 9.88 Å². The molecule has 0 bridgehead atoms. The minimum atomic E-state index is -1.11. The van der Waals surface area contributed by atoms with Crippen LogP contribution in [0, 0.1) is 5.82 Å². The number of aromatic nitrogens is 1. The van der Waals surface area contributed by atoms with Gasteiger partial charge in [-0.1, -0.05) is 25.1 Å². The van der Waals surface area contributed by atoms with Gasteiger partial charge in [0, 0.05) is 35.1 Å². The van der Waals surface area contributed by atoms with E-state index < -0.39 is 11.8 Å². The topological polar surface area (TPSA) is 73.4 Å². The number of carboxylic acid groups (broad SMARTS) is 1. The fourth-order valence-corrected chi connectivity index (χ4v) is 3.80. The Hall–Kier alpha value is -3.41. The van der Waals surface area contributed by atoms with Crippen LogP contribution in [-0.2, 0) is 4.79 Å². The molecule has 0 aliphatic carbocycles. The third-order valence-electron chi connectivity index (χ3n) is 5.20. The summed E-state index contributed by atoms with van der Waals surface area (Å²) in [6.45, 7) is 2.36. The molecule has 3 aromatic rings. The lowest BCUT2D eigenvalue weighted by atomic mass is 9.92. The predicted octanol–water partition coefficient (Wildman–Crippen LogP) is 4.38. The van der Waals surface area contributed by atoms with E-state index in [2.05, 4.69) is 4.98 Å². The first-order valence-electron chi connectivity index (χ1n) is 9.12. The van der Waals surface area contributed by atoms with Crippen LogP contribution in [-0.4, -0.2) is 33.4 Å². The van der Waals surface area contributed by atoms with Gasteiger partial charge in [-0.15, -0.1) is 0 Å². The average molecular weight is 378 g/mol. The zero-order valence-corrected chi connectivity index (χ0v) is 15.3. The van der Waals surface area contributed by atoms with Crippen LogP contribution in [0.2, 0.25) is 0 Å². The van der Waals surface area contributed by atoms with Crippen molar-refractivity contribution in [3.05, 3.63) is 77.4 Å². The molecule has 2 aromatic carbocycles. The molecule has 28 heavy (non-hydrogen) atoms. The number of carboxylic acids is 1. The molecule has 1 aliphatic rings. The number of carbonyl (C=O) groups excluding carboxylic acids is 1. The van der Waals surface area contributed by atoms with Gasteiger partial charge in [0.2, 0.25) is 0 Å². The molecule has 2 N–H and O–H groups in total. The largest absolute Gasteiger partial charge is 0.478 e. The molecule has 2 heterocycles. The van der Waals surface area contributed by atoms with Gasteiger partial charge in [0.1, 0.15) is 5.82 Å². The number of aromatic amines is 1. The van der Waals surface area contributed by atoms with Gasteiger partial charge in [-0.25, -0.2) is 9.18 Å². The Bertz CT molecular complexity index is 1100. The summed E-state index contributed by atoms with van der Waals surface area (Å²) in [5, 5.41) is 10.8. The number of benzene rings is 2. The molecular weight excluding hydrogens is 359 g/mol. The van der Waals surface area contributed by atoms with E-state index in [-0.39, 0.29) is 17.4 Å². The minimum absolute atomic E-state index is 0.0383. The zero-order chi connectivity index (χ0) is 19.8. The summed E-state index contributed by atoms with van der Waals surface area (Å²) in [4.78, 5) is 29.6. The van der Waals surface area contributed by atoms with Crippen molar-refractivity contribution in [1.29, 1.82) is 0 Å². The molecule has 1 aromatic heterocycles. The Morgan fingerprint density at radius 1 is 1.18 bits per heavy atom. The van der Waals surface area contributed by atoms with Crippen LogP contribution in [0.25, 0.3) is 16.5 Å². The van der Waals surface area contributed by atoms with Crippen molar-refractivity contribution in [3.8, 4) is 0 Å². The van der Waals surface area contributed by atoms with Crippen molar-refractivity contribution in [2.75, 3.05) is 6.54 Å². The second kappa shape index (κ2) is 6.96. The van der Waals surface area contributed by atoms with E-state index in [9.17, 15) is 19.1 Å². The molecule has 0 spiro atoms. The van der Waals surface area contributed by atoms with E-state index in [1.165, 1.54) is 35.4 Å². The van der Waals surface area contributed by atoms with Crippen molar-refractivity contribution in [2.24, 2.45) is 0 Å². The summed E-state index contributed by atoms with van der Waals surface area (Å²) in [5.41, 5.74) is 2.68. The fourth-order valence-electron chi connectivity index (χ4n) is 3.80. The molecule has 1 unspecified atom stereocenters. The normalized spacial score (nSPS) is 16.4. The highest BCUT2D eigenvalue weighted by atomic mass is 19.1. The number of aliphatic carboxylic acids is 1. The Morgan fingerprint density at radius 3 is 2.57 bits per heavy atom. The number of nitrogens with zero attached hydrogens (tertiary/aromatic N) is 1. The number of fused-ring (bicyclic) bond motifs is 3. The number of rotatable bonds is 3. The molecule has 1 aliphatic heterocycles. The van der Waals surface area contributed by atoms with Crippen molar-refractivity contribution < 1.29 is 19.1 Å². The number of hydrogen-bond acceptors (Lipinski definition) is 2. The Balaban J connectivity index is 1.86. The third-order valence-corrected chi connectivity index (χ3v) is 5.20. The van der Waals surface area contributed by atoms with Crippen LogP contribution in [0.4, 0.5) is 4.39 Å². The third kappa shape index (κ3) is 2.97.